The zero-order valence-electron chi connectivity index (χ0n) is 18.0. The van der Waals surface area contributed by atoms with Crippen LogP contribution in [0.1, 0.15) is 54.1 Å². The number of rotatable bonds is 5. The van der Waals surface area contributed by atoms with Crippen LogP contribution in [0.2, 0.25) is 0 Å². The van der Waals surface area contributed by atoms with E-state index in [0.29, 0.717) is 11.6 Å². The molecule has 5 rings (SSSR count). The summed E-state index contributed by atoms with van der Waals surface area (Å²) in [5.41, 5.74) is 11.0. The molecule has 31 heavy (non-hydrogen) atoms. The molecule has 0 radical (unpaired) electrons. The Hall–Kier alpha value is -2.93. The van der Waals surface area contributed by atoms with E-state index in [-0.39, 0.29) is 18.0 Å². The third kappa shape index (κ3) is 3.90. The van der Waals surface area contributed by atoms with E-state index in [4.69, 9.17) is 5.73 Å². The predicted molar refractivity (Wildman–Crippen MR) is 122 cm³/mol. The average molecular weight is 419 g/mol. The Kier molecular flexibility index (Phi) is 5.36. The first-order valence-corrected chi connectivity index (χ1v) is 11.4. The number of benzene rings is 1. The number of amides is 1. The molecule has 7 nitrogen and oxygen atoms in total. The van der Waals surface area contributed by atoms with Gasteiger partial charge in [0, 0.05) is 30.9 Å². The lowest BCUT2D eigenvalue weighted by Gasteiger charge is -2.28. The van der Waals surface area contributed by atoms with E-state index in [1.165, 1.54) is 11.1 Å². The molecule has 0 unspecified atom stereocenters. The van der Waals surface area contributed by atoms with Gasteiger partial charge in [-0.25, -0.2) is 9.67 Å². The highest BCUT2D eigenvalue weighted by Gasteiger charge is 2.27. The molecule has 2 aliphatic rings. The second-order valence-corrected chi connectivity index (χ2v) is 8.85. The Morgan fingerprint density at radius 3 is 2.48 bits per heavy atom. The van der Waals surface area contributed by atoms with Crippen LogP contribution in [0.5, 0.6) is 0 Å². The molecule has 0 atom stereocenters. The number of nitrogens with two attached hydrogens (primary N) is 1. The van der Waals surface area contributed by atoms with Gasteiger partial charge in [-0.1, -0.05) is 24.3 Å². The van der Waals surface area contributed by atoms with Gasteiger partial charge in [-0.05, 0) is 56.6 Å². The summed E-state index contributed by atoms with van der Waals surface area (Å²) in [5, 5.41) is 12.3. The van der Waals surface area contributed by atoms with Crippen LogP contribution in [-0.2, 0) is 19.4 Å². The van der Waals surface area contributed by atoms with Gasteiger partial charge >= 0.3 is 0 Å². The van der Waals surface area contributed by atoms with Crippen molar-refractivity contribution in [2.24, 2.45) is 5.73 Å². The zero-order valence-corrected chi connectivity index (χ0v) is 18.0. The van der Waals surface area contributed by atoms with E-state index in [0.717, 1.165) is 61.8 Å². The molecular weight excluding hydrogens is 388 g/mol. The minimum Gasteiger partial charge on any atom is -0.381 e. The molecule has 2 aromatic heterocycles. The highest BCUT2D eigenvalue weighted by atomic mass is 16.1. The number of hydrogen-bond donors (Lipinski definition) is 3. The highest BCUT2D eigenvalue weighted by molar-refractivity contribution is 6.06. The number of anilines is 1. The molecule has 2 aliphatic carbocycles. The van der Waals surface area contributed by atoms with E-state index in [9.17, 15) is 4.79 Å². The van der Waals surface area contributed by atoms with Crippen molar-refractivity contribution in [1.29, 1.82) is 0 Å². The summed E-state index contributed by atoms with van der Waals surface area (Å²) < 4.78 is 1.87. The number of nitrogens with one attached hydrogen (secondary N) is 2. The third-order valence-electron chi connectivity index (χ3n) is 6.72. The van der Waals surface area contributed by atoms with E-state index in [1.54, 1.807) is 6.20 Å². The first-order valence-electron chi connectivity index (χ1n) is 11.4. The minimum absolute atomic E-state index is 0.0773. The molecule has 7 heteroatoms. The molecule has 1 fully saturated rings. The molecule has 0 spiro atoms. The fourth-order valence-electron chi connectivity index (χ4n) is 4.98. The molecule has 1 amide bonds. The van der Waals surface area contributed by atoms with Gasteiger partial charge in [0.2, 0.25) is 0 Å². The molecule has 2 heterocycles. The quantitative estimate of drug-likeness (QED) is 0.592. The number of aryl methyl sites for hydroxylation is 1. The van der Waals surface area contributed by atoms with Crippen LogP contribution in [0.4, 0.5) is 5.69 Å². The van der Waals surface area contributed by atoms with Crippen LogP contribution in [0.15, 0.2) is 36.7 Å². The molecule has 4 N–H and O–H groups in total. The maximum absolute atomic E-state index is 13.3. The number of hydrogen-bond acceptors (Lipinski definition) is 5. The Labute approximate surface area is 182 Å². The highest BCUT2D eigenvalue weighted by Crippen LogP contribution is 2.30. The van der Waals surface area contributed by atoms with E-state index in [1.807, 2.05) is 17.8 Å². The molecule has 3 aromatic rings. The van der Waals surface area contributed by atoms with Crippen molar-refractivity contribution < 1.29 is 4.79 Å². The number of nitrogens with zero attached hydrogens (tertiary/aromatic N) is 3. The molecule has 0 aliphatic heterocycles. The lowest BCUT2D eigenvalue weighted by Crippen LogP contribution is -2.37. The van der Waals surface area contributed by atoms with Crippen LogP contribution in [-0.4, -0.2) is 38.8 Å². The van der Waals surface area contributed by atoms with Gasteiger partial charge in [-0.15, -0.1) is 0 Å². The van der Waals surface area contributed by atoms with Crippen molar-refractivity contribution in [1.82, 2.24) is 20.1 Å². The summed E-state index contributed by atoms with van der Waals surface area (Å²) in [5.74, 6) is -0.0773. The van der Waals surface area contributed by atoms with Crippen molar-refractivity contribution in [3.05, 3.63) is 53.3 Å². The van der Waals surface area contributed by atoms with Crippen LogP contribution in [0.3, 0.4) is 0 Å². The summed E-state index contributed by atoms with van der Waals surface area (Å²) in [7, 11) is 0. The lowest BCUT2D eigenvalue weighted by atomic mass is 9.91. The van der Waals surface area contributed by atoms with Gasteiger partial charge in [-0.2, -0.15) is 5.10 Å². The van der Waals surface area contributed by atoms with Gasteiger partial charge in [0.1, 0.15) is 0 Å². The van der Waals surface area contributed by atoms with Crippen molar-refractivity contribution in [2.75, 3.05) is 5.32 Å². The second kappa shape index (κ2) is 8.30. The van der Waals surface area contributed by atoms with Gasteiger partial charge in [0.05, 0.1) is 22.8 Å². The van der Waals surface area contributed by atoms with Crippen molar-refractivity contribution in [2.45, 2.75) is 70.1 Å². The van der Waals surface area contributed by atoms with E-state index >= 15 is 0 Å². The standard InChI is InChI=1S/C24H30N6O/c1-2-30-23-20(14-27-30)22(28-18-9-7-17(25)8-10-18)21(13-26-23)24(31)29-19-11-15-5-3-4-6-16(15)12-19/h3-6,13-14,17-19H,2,7-12,25H2,1H3,(H,26,28)(H,29,31)/t17-,18+. The molecular formula is C24H30N6O. The maximum Gasteiger partial charge on any atom is 0.255 e. The van der Waals surface area contributed by atoms with Crippen LogP contribution in [0.25, 0.3) is 11.0 Å². The molecule has 0 saturated heterocycles. The summed E-state index contributed by atoms with van der Waals surface area (Å²) in [6.45, 7) is 2.78. The first kappa shape index (κ1) is 20.0. The number of fused-ring (bicyclic) bond motifs is 2. The molecule has 1 aromatic carbocycles. The van der Waals surface area contributed by atoms with Crippen molar-refractivity contribution in [3.63, 3.8) is 0 Å². The fraction of sp³-hybridized carbons (Fsp3) is 0.458. The predicted octanol–water partition coefficient (Wildman–Crippen LogP) is 3.03. The number of carbonyl (C=O) groups is 1. The lowest BCUT2D eigenvalue weighted by molar-refractivity contribution is 0.0939. The van der Waals surface area contributed by atoms with Crippen molar-refractivity contribution >= 4 is 22.6 Å². The van der Waals surface area contributed by atoms with E-state index < -0.39 is 0 Å². The van der Waals surface area contributed by atoms with Crippen LogP contribution >= 0.6 is 0 Å². The monoisotopic (exact) mass is 418 g/mol. The van der Waals surface area contributed by atoms with Gasteiger partial charge in [-0.3, -0.25) is 4.79 Å². The Balaban J connectivity index is 1.42. The maximum atomic E-state index is 13.3. The summed E-state index contributed by atoms with van der Waals surface area (Å²) in [6.07, 6.45) is 9.28. The normalized spacial score (nSPS) is 21.2. The fourth-order valence-corrected chi connectivity index (χ4v) is 4.98. The SMILES string of the molecule is CCn1ncc2c(N[C@H]3CC[C@@H](N)CC3)c(C(=O)NC3Cc4ccccc4C3)cnc21. The minimum atomic E-state index is -0.0773. The number of carbonyl (C=O) groups excluding carboxylic acids is 1. The Morgan fingerprint density at radius 2 is 1.81 bits per heavy atom. The number of pyridine rings is 1. The molecule has 162 valence electrons. The first-order chi connectivity index (χ1) is 15.1. The summed E-state index contributed by atoms with van der Waals surface area (Å²) >= 11 is 0. The third-order valence-corrected chi connectivity index (χ3v) is 6.72. The zero-order chi connectivity index (χ0) is 21.4. The topological polar surface area (TPSA) is 97.9 Å². The number of aromatic nitrogens is 3. The largest absolute Gasteiger partial charge is 0.381 e. The molecule has 1 saturated carbocycles. The van der Waals surface area contributed by atoms with Crippen LogP contribution < -0.4 is 16.4 Å². The Morgan fingerprint density at radius 1 is 1.10 bits per heavy atom. The Bertz CT molecular complexity index is 1070. The van der Waals surface area contributed by atoms with E-state index in [2.05, 4.69) is 45.0 Å². The van der Waals surface area contributed by atoms with Crippen LogP contribution in [0, 0.1) is 0 Å². The van der Waals surface area contributed by atoms with Gasteiger partial charge in [0.25, 0.3) is 5.91 Å². The van der Waals surface area contributed by atoms with Crippen molar-refractivity contribution in [3.8, 4) is 0 Å². The summed E-state index contributed by atoms with van der Waals surface area (Å²) in [4.78, 5) is 17.9. The average Bonchev–Trinajstić information content (AvgIpc) is 3.38. The summed E-state index contributed by atoms with van der Waals surface area (Å²) in [6, 6.07) is 9.11. The smallest absolute Gasteiger partial charge is 0.255 e. The van der Waals surface area contributed by atoms with Gasteiger partial charge in [0.15, 0.2) is 5.65 Å². The van der Waals surface area contributed by atoms with Gasteiger partial charge < -0.3 is 16.4 Å². The second-order valence-electron chi connectivity index (χ2n) is 8.85. The molecule has 0 bridgehead atoms.